The van der Waals surface area contributed by atoms with Gasteiger partial charge in [0.2, 0.25) is 0 Å². The van der Waals surface area contributed by atoms with Crippen molar-refractivity contribution in [2.75, 3.05) is 13.2 Å². The predicted octanol–water partition coefficient (Wildman–Crippen LogP) is 0.0833. The molecule has 0 radical (unpaired) electrons. The van der Waals surface area contributed by atoms with Gasteiger partial charge in [-0.05, 0) is 19.8 Å². The van der Waals surface area contributed by atoms with Crippen LogP contribution < -0.4 is 5.73 Å². The highest BCUT2D eigenvalue weighted by Gasteiger charge is 2.45. The summed E-state index contributed by atoms with van der Waals surface area (Å²) in [4.78, 5) is 11.0. The Labute approximate surface area is 60.5 Å². The van der Waals surface area contributed by atoms with Crippen LogP contribution in [0.3, 0.4) is 0 Å². The highest BCUT2D eigenvalue weighted by Crippen LogP contribution is 2.32. The van der Waals surface area contributed by atoms with Crippen molar-refractivity contribution in [2.45, 2.75) is 25.3 Å². The quantitative estimate of drug-likeness (QED) is 0.606. The highest BCUT2D eigenvalue weighted by molar-refractivity contribution is 5.92. The molecule has 1 fully saturated rings. The van der Waals surface area contributed by atoms with Gasteiger partial charge in [-0.3, -0.25) is 4.79 Å². The number of ketones is 1. The van der Waals surface area contributed by atoms with Crippen LogP contribution >= 0.6 is 0 Å². The third-order valence-electron chi connectivity index (χ3n) is 1.78. The van der Waals surface area contributed by atoms with Gasteiger partial charge in [0.1, 0.15) is 6.61 Å². The maximum Gasteiger partial charge on any atom is 0.178 e. The van der Waals surface area contributed by atoms with E-state index in [-0.39, 0.29) is 12.4 Å². The van der Waals surface area contributed by atoms with Crippen molar-refractivity contribution in [1.29, 1.82) is 0 Å². The minimum absolute atomic E-state index is 0.0503. The Kier molecular flexibility index (Phi) is 2.06. The van der Waals surface area contributed by atoms with E-state index in [0.29, 0.717) is 6.61 Å². The number of Topliss-reactive ketones (excluding diaryl/α,β-unsaturated/α-hetero) is 1. The molecule has 10 heavy (non-hydrogen) atoms. The average molecular weight is 143 g/mol. The van der Waals surface area contributed by atoms with E-state index in [1.54, 1.807) is 0 Å². The van der Waals surface area contributed by atoms with Crippen LogP contribution in [0.25, 0.3) is 0 Å². The zero-order valence-corrected chi connectivity index (χ0v) is 6.22. The van der Waals surface area contributed by atoms with E-state index in [9.17, 15) is 4.79 Å². The summed E-state index contributed by atoms with van der Waals surface area (Å²) in [6.07, 6.45) is 1.66. The molecule has 0 aromatic carbocycles. The largest absolute Gasteiger partial charge is 0.374 e. The lowest BCUT2D eigenvalue weighted by atomic mass is 10.2. The van der Waals surface area contributed by atoms with Crippen molar-refractivity contribution < 1.29 is 9.53 Å². The van der Waals surface area contributed by atoms with Gasteiger partial charge in [0.25, 0.3) is 0 Å². The van der Waals surface area contributed by atoms with Crippen molar-refractivity contribution in [3.05, 3.63) is 0 Å². The number of rotatable bonds is 4. The molecule has 3 heteroatoms. The van der Waals surface area contributed by atoms with Crippen LogP contribution in [-0.2, 0) is 9.53 Å². The molecule has 2 N–H and O–H groups in total. The molecular formula is C7H13NO2. The molecule has 0 aliphatic heterocycles. The first kappa shape index (κ1) is 7.69. The molecule has 1 saturated carbocycles. The first-order valence-electron chi connectivity index (χ1n) is 3.59. The Morgan fingerprint density at radius 3 is 2.70 bits per heavy atom. The standard InChI is InChI=1S/C7H13NO2/c1-2-10-5-6(9)7(8)3-4-7/h2-5,8H2,1H3. The van der Waals surface area contributed by atoms with Crippen LogP contribution in [0.1, 0.15) is 19.8 Å². The maximum absolute atomic E-state index is 11.0. The number of carbonyl (C=O) groups excluding carboxylic acids is 1. The van der Waals surface area contributed by atoms with E-state index >= 15 is 0 Å². The molecule has 0 heterocycles. The number of ether oxygens (including phenoxy) is 1. The summed E-state index contributed by atoms with van der Waals surface area (Å²) in [5.41, 5.74) is 5.10. The van der Waals surface area contributed by atoms with Gasteiger partial charge >= 0.3 is 0 Å². The molecule has 0 saturated heterocycles. The predicted molar refractivity (Wildman–Crippen MR) is 37.7 cm³/mol. The highest BCUT2D eigenvalue weighted by atomic mass is 16.5. The number of hydrogen-bond acceptors (Lipinski definition) is 3. The van der Waals surface area contributed by atoms with Crippen molar-refractivity contribution in [2.24, 2.45) is 5.73 Å². The van der Waals surface area contributed by atoms with E-state index in [2.05, 4.69) is 0 Å². The zero-order chi connectivity index (χ0) is 7.61. The van der Waals surface area contributed by atoms with Crippen LogP contribution in [0.5, 0.6) is 0 Å². The fourth-order valence-electron chi connectivity index (χ4n) is 0.752. The summed E-state index contributed by atoms with van der Waals surface area (Å²) >= 11 is 0. The fraction of sp³-hybridized carbons (Fsp3) is 0.857. The van der Waals surface area contributed by atoms with E-state index < -0.39 is 5.54 Å². The van der Waals surface area contributed by atoms with Crippen LogP contribution in [0.4, 0.5) is 0 Å². The number of hydrogen-bond donors (Lipinski definition) is 1. The molecule has 0 spiro atoms. The van der Waals surface area contributed by atoms with E-state index in [0.717, 1.165) is 12.8 Å². The molecule has 0 bridgehead atoms. The minimum Gasteiger partial charge on any atom is -0.374 e. The van der Waals surface area contributed by atoms with Crippen LogP contribution in [-0.4, -0.2) is 24.5 Å². The lowest BCUT2D eigenvalue weighted by Crippen LogP contribution is -2.35. The summed E-state index contributed by atoms with van der Waals surface area (Å²) in [5, 5.41) is 0. The number of carbonyl (C=O) groups is 1. The molecule has 1 aliphatic rings. The van der Waals surface area contributed by atoms with E-state index in [1.165, 1.54) is 0 Å². The SMILES string of the molecule is CCOCC(=O)C1(N)CC1. The third-order valence-corrected chi connectivity index (χ3v) is 1.78. The summed E-state index contributed by atoms with van der Waals surface area (Å²) in [5.74, 6) is 0.0503. The van der Waals surface area contributed by atoms with Gasteiger partial charge in [0.05, 0.1) is 5.54 Å². The maximum atomic E-state index is 11.0. The third kappa shape index (κ3) is 1.55. The Morgan fingerprint density at radius 1 is 1.70 bits per heavy atom. The van der Waals surface area contributed by atoms with Crippen LogP contribution in [0.15, 0.2) is 0 Å². The van der Waals surface area contributed by atoms with Crippen molar-refractivity contribution in [3.63, 3.8) is 0 Å². The minimum atomic E-state index is -0.505. The van der Waals surface area contributed by atoms with Crippen LogP contribution in [0, 0.1) is 0 Å². The molecule has 1 rings (SSSR count). The molecule has 0 atom stereocenters. The van der Waals surface area contributed by atoms with Gasteiger partial charge in [0, 0.05) is 6.61 Å². The molecule has 0 aromatic rings. The molecule has 0 amide bonds. The zero-order valence-electron chi connectivity index (χ0n) is 6.22. The summed E-state index contributed by atoms with van der Waals surface area (Å²) in [6, 6.07) is 0. The second-order valence-corrected chi connectivity index (χ2v) is 2.72. The topological polar surface area (TPSA) is 52.3 Å². The van der Waals surface area contributed by atoms with Crippen molar-refractivity contribution in [1.82, 2.24) is 0 Å². The molecule has 0 aromatic heterocycles. The lowest BCUT2D eigenvalue weighted by Gasteiger charge is -2.05. The normalized spacial score (nSPS) is 20.6. The smallest absolute Gasteiger partial charge is 0.178 e. The second-order valence-electron chi connectivity index (χ2n) is 2.72. The fourth-order valence-corrected chi connectivity index (χ4v) is 0.752. The van der Waals surface area contributed by atoms with Crippen molar-refractivity contribution >= 4 is 5.78 Å². The first-order valence-corrected chi connectivity index (χ1v) is 3.59. The molecule has 58 valence electrons. The number of nitrogens with two attached hydrogens (primary N) is 1. The van der Waals surface area contributed by atoms with Gasteiger partial charge in [0.15, 0.2) is 5.78 Å². The monoisotopic (exact) mass is 143 g/mol. The Balaban J connectivity index is 2.22. The van der Waals surface area contributed by atoms with Gasteiger partial charge in [-0.25, -0.2) is 0 Å². The summed E-state index contributed by atoms with van der Waals surface area (Å²) < 4.78 is 4.93. The second kappa shape index (κ2) is 2.68. The van der Waals surface area contributed by atoms with Gasteiger partial charge in [-0.1, -0.05) is 0 Å². The van der Waals surface area contributed by atoms with Crippen molar-refractivity contribution in [3.8, 4) is 0 Å². The summed E-state index contributed by atoms with van der Waals surface area (Å²) in [7, 11) is 0. The van der Waals surface area contributed by atoms with Crippen LogP contribution in [0.2, 0.25) is 0 Å². The first-order chi connectivity index (χ1) is 4.69. The van der Waals surface area contributed by atoms with E-state index in [4.69, 9.17) is 10.5 Å². The van der Waals surface area contributed by atoms with Gasteiger partial charge in [-0.2, -0.15) is 0 Å². The average Bonchev–Trinajstić information content (AvgIpc) is 2.64. The molecule has 1 aliphatic carbocycles. The Morgan fingerprint density at radius 2 is 2.30 bits per heavy atom. The van der Waals surface area contributed by atoms with Gasteiger partial charge in [-0.15, -0.1) is 0 Å². The lowest BCUT2D eigenvalue weighted by molar-refractivity contribution is -0.125. The molecular weight excluding hydrogens is 130 g/mol. The molecule has 3 nitrogen and oxygen atoms in total. The Bertz CT molecular complexity index is 141. The molecule has 0 unspecified atom stereocenters. The Hall–Kier alpha value is -0.410. The van der Waals surface area contributed by atoms with E-state index in [1.807, 2.05) is 6.92 Å². The summed E-state index contributed by atoms with van der Waals surface area (Å²) in [6.45, 7) is 2.64. The van der Waals surface area contributed by atoms with Gasteiger partial charge < -0.3 is 10.5 Å².